The van der Waals surface area contributed by atoms with Gasteiger partial charge in [-0.15, -0.1) is 0 Å². The van der Waals surface area contributed by atoms with Crippen molar-refractivity contribution in [3.8, 4) is 0 Å². The molecule has 0 saturated heterocycles. The Labute approximate surface area is 127 Å². The zero-order chi connectivity index (χ0) is 15.8. The van der Waals surface area contributed by atoms with Crippen molar-refractivity contribution < 1.29 is 4.79 Å². The molecule has 0 aromatic carbocycles. The molecule has 0 atom stereocenters. The summed E-state index contributed by atoms with van der Waals surface area (Å²) in [7, 11) is 1.65. The Balaban J connectivity index is 3.22. The molecule has 1 amide bonds. The second-order valence-electron chi connectivity index (χ2n) is 5.24. The molecule has 0 aliphatic carbocycles. The van der Waals surface area contributed by atoms with Crippen molar-refractivity contribution in [1.29, 1.82) is 0 Å². The van der Waals surface area contributed by atoms with E-state index < -0.39 is 0 Å². The molecule has 1 rings (SSSR count). The summed E-state index contributed by atoms with van der Waals surface area (Å²) in [5, 5.41) is 5.96. The van der Waals surface area contributed by atoms with Gasteiger partial charge in [-0.3, -0.25) is 4.79 Å². The fourth-order valence-electron chi connectivity index (χ4n) is 2.26. The lowest BCUT2D eigenvalue weighted by atomic mass is 10.0. The fourth-order valence-corrected chi connectivity index (χ4v) is 2.26. The van der Waals surface area contributed by atoms with Crippen molar-refractivity contribution in [1.82, 2.24) is 15.3 Å². The summed E-state index contributed by atoms with van der Waals surface area (Å²) in [5.74, 6) is 1.97. The van der Waals surface area contributed by atoms with Crippen molar-refractivity contribution in [3.05, 3.63) is 11.9 Å². The predicted octanol–water partition coefficient (Wildman–Crippen LogP) is 1.99. The molecular weight excluding hydrogens is 266 g/mol. The van der Waals surface area contributed by atoms with Crippen LogP contribution in [0.4, 0.5) is 11.6 Å². The Morgan fingerprint density at radius 2 is 2.05 bits per heavy atom. The molecule has 0 radical (unpaired) electrons. The molecule has 1 aromatic heterocycles. The molecule has 0 unspecified atom stereocenters. The number of aromatic nitrogens is 2. The minimum Gasteiger partial charge on any atom is -0.370 e. The number of hydrogen-bond donors (Lipinski definition) is 2. The van der Waals surface area contributed by atoms with Crippen LogP contribution in [-0.4, -0.2) is 42.6 Å². The first kappa shape index (κ1) is 17.2. The summed E-state index contributed by atoms with van der Waals surface area (Å²) < 4.78 is 0. The van der Waals surface area contributed by atoms with Crippen LogP contribution >= 0.6 is 0 Å². The van der Waals surface area contributed by atoms with Gasteiger partial charge < -0.3 is 15.5 Å². The van der Waals surface area contributed by atoms with Crippen LogP contribution in [0.15, 0.2) is 6.33 Å². The van der Waals surface area contributed by atoms with Crippen LogP contribution in [0.1, 0.15) is 45.6 Å². The molecule has 0 saturated carbocycles. The second-order valence-corrected chi connectivity index (χ2v) is 5.24. The van der Waals surface area contributed by atoms with Crippen LogP contribution in [0.3, 0.4) is 0 Å². The lowest BCUT2D eigenvalue weighted by molar-refractivity contribution is -0.119. The first-order valence-corrected chi connectivity index (χ1v) is 7.59. The van der Waals surface area contributed by atoms with Gasteiger partial charge in [-0.1, -0.05) is 20.8 Å². The highest BCUT2D eigenvalue weighted by molar-refractivity contribution is 5.81. The quantitative estimate of drug-likeness (QED) is 0.767. The highest BCUT2D eigenvalue weighted by atomic mass is 16.1. The van der Waals surface area contributed by atoms with E-state index in [1.807, 2.05) is 11.8 Å². The Morgan fingerprint density at radius 1 is 1.33 bits per heavy atom. The minimum atomic E-state index is -0.0123. The van der Waals surface area contributed by atoms with Gasteiger partial charge in [-0.2, -0.15) is 0 Å². The van der Waals surface area contributed by atoms with Gasteiger partial charge >= 0.3 is 0 Å². The number of carbonyl (C=O) groups is 1. The number of carbonyl (C=O) groups excluding carboxylic acids is 1. The average Bonchev–Trinajstić information content (AvgIpc) is 2.46. The standard InChI is InChI=1S/C15H27N5O/c1-6-8-20(9-12(21)16-5)15-13(11(3)4)14(17-7-2)18-10-19-15/h10-11H,6-9H2,1-5H3,(H,16,21)(H,17,18,19). The smallest absolute Gasteiger partial charge is 0.239 e. The van der Waals surface area contributed by atoms with Gasteiger partial charge in [0.1, 0.15) is 18.0 Å². The summed E-state index contributed by atoms with van der Waals surface area (Å²) in [5.41, 5.74) is 1.07. The average molecular weight is 293 g/mol. The first-order valence-electron chi connectivity index (χ1n) is 7.59. The number of nitrogens with zero attached hydrogens (tertiary/aromatic N) is 3. The molecule has 118 valence electrons. The SMILES string of the molecule is CCCN(CC(=O)NC)c1ncnc(NCC)c1C(C)C. The number of anilines is 2. The maximum atomic E-state index is 11.8. The summed E-state index contributed by atoms with van der Waals surface area (Å²) >= 11 is 0. The molecule has 6 nitrogen and oxygen atoms in total. The number of rotatable bonds is 8. The lowest BCUT2D eigenvalue weighted by Crippen LogP contribution is -2.37. The highest BCUT2D eigenvalue weighted by Crippen LogP contribution is 2.30. The molecule has 0 bridgehead atoms. The van der Waals surface area contributed by atoms with Crippen molar-refractivity contribution in [2.75, 3.05) is 36.9 Å². The van der Waals surface area contributed by atoms with Crippen LogP contribution in [-0.2, 0) is 4.79 Å². The number of nitrogens with one attached hydrogen (secondary N) is 2. The molecule has 0 aliphatic heterocycles. The topological polar surface area (TPSA) is 70.2 Å². The van der Waals surface area contributed by atoms with Crippen LogP contribution in [0.5, 0.6) is 0 Å². The Morgan fingerprint density at radius 3 is 2.57 bits per heavy atom. The van der Waals surface area contributed by atoms with Gasteiger partial charge in [-0.05, 0) is 19.3 Å². The monoisotopic (exact) mass is 293 g/mol. The van der Waals surface area contributed by atoms with Crippen molar-refractivity contribution in [2.24, 2.45) is 0 Å². The molecule has 6 heteroatoms. The third kappa shape index (κ3) is 4.58. The van der Waals surface area contributed by atoms with Gasteiger partial charge in [0.25, 0.3) is 0 Å². The van der Waals surface area contributed by atoms with E-state index in [0.717, 1.165) is 36.7 Å². The third-order valence-electron chi connectivity index (χ3n) is 3.19. The van der Waals surface area contributed by atoms with E-state index in [2.05, 4.69) is 41.4 Å². The molecule has 1 heterocycles. The van der Waals surface area contributed by atoms with Gasteiger partial charge in [-0.25, -0.2) is 9.97 Å². The van der Waals surface area contributed by atoms with Crippen LogP contribution < -0.4 is 15.5 Å². The van der Waals surface area contributed by atoms with E-state index in [-0.39, 0.29) is 11.8 Å². The van der Waals surface area contributed by atoms with Crippen molar-refractivity contribution in [3.63, 3.8) is 0 Å². The molecule has 1 aromatic rings. The van der Waals surface area contributed by atoms with E-state index in [1.165, 1.54) is 0 Å². The summed E-state index contributed by atoms with van der Waals surface area (Å²) in [6, 6.07) is 0. The van der Waals surface area contributed by atoms with Crippen molar-refractivity contribution >= 4 is 17.5 Å². The molecule has 0 fully saturated rings. The number of hydrogen-bond acceptors (Lipinski definition) is 5. The van der Waals surface area contributed by atoms with Crippen LogP contribution in [0.25, 0.3) is 0 Å². The van der Waals surface area contributed by atoms with Gasteiger partial charge in [0.05, 0.1) is 6.54 Å². The van der Waals surface area contributed by atoms with Crippen LogP contribution in [0.2, 0.25) is 0 Å². The first-order chi connectivity index (χ1) is 10.0. The third-order valence-corrected chi connectivity index (χ3v) is 3.19. The highest BCUT2D eigenvalue weighted by Gasteiger charge is 2.20. The van der Waals surface area contributed by atoms with E-state index >= 15 is 0 Å². The van der Waals surface area contributed by atoms with Gasteiger partial charge in [0.2, 0.25) is 5.91 Å². The van der Waals surface area contributed by atoms with E-state index in [1.54, 1.807) is 13.4 Å². The zero-order valence-electron chi connectivity index (χ0n) is 13.7. The Hall–Kier alpha value is -1.85. The lowest BCUT2D eigenvalue weighted by Gasteiger charge is -2.27. The van der Waals surface area contributed by atoms with Crippen molar-refractivity contribution in [2.45, 2.75) is 40.0 Å². The zero-order valence-corrected chi connectivity index (χ0v) is 13.7. The summed E-state index contributed by atoms with van der Waals surface area (Å²) in [6.45, 7) is 10.3. The predicted molar refractivity (Wildman–Crippen MR) is 86.9 cm³/mol. The van der Waals surface area contributed by atoms with E-state index in [0.29, 0.717) is 6.54 Å². The van der Waals surface area contributed by atoms with Gasteiger partial charge in [0, 0.05) is 25.7 Å². The molecular formula is C15H27N5O. The minimum absolute atomic E-state index is 0.0123. The van der Waals surface area contributed by atoms with E-state index in [9.17, 15) is 4.79 Å². The Bertz CT molecular complexity index is 461. The number of likely N-dealkylation sites (N-methyl/N-ethyl adjacent to an activating group) is 1. The largest absolute Gasteiger partial charge is 0.370 e. The normalized spacial score (nSPS) is 10.6. The van der Waals surface area contributed by atoms with E-state index in [4.69, 9.17) is 0 Å². The maximum absolute atomic E-state index is 11.8. The van der Waals surface area contributed by atoms with Crippen LogP contribution in [0, 0.1) is 0 Å². The summed E-state index contributed by atoms with van der Waals surface area (Å²) in [6.07, 6.45) is 2.51. The Kier molecular flexibility index (Phi) is 6.91. The fraction of sp³-hybridized carbons (Fsp3) is 0.667. The second kappa shape index (κ2) is 8.44. The molecule has 2 N–H and O–H groups in total. The maximum Gasteiger partial charge on any atom is 0.239 e. The molecule has 0 spiro atoms. The van der Waals surface area contributed by atoms with Gasteiger partial charge in [0.15, 0.2) is 0 Å². The number of amides is 1. The summed E-state index contributed by atoms with van der Waals surface area (Å²) in [4.78, 5) is 22.6. The molecule has 21 heavy (non-hydrogen) atoms. The molecule has 0 aliphatic rings.